The van der Waals surface area contributed by atoms with Crippen LogP contribution in [0.5, 0.6) is 0 Å². The molecule has 38 heavy (non-hydrogen) atoms. The molecule has 0 saturated carbocycles. The third-order valence-electron chi connectivity index (χ3n) is 7.76. The van der Waals surface area contributed by atoms with Crippen LogP contribution in [0.15, 0.2) is 71.2 Å². The van der Waals surface area contributed by atoms with Crippen LogP contribution in [-0.4, -0.2) is 41.2 Å². The molecule has 192 valence electrons. The Balaban J connectivity index is 1.21. The van der Waals surface area contributed by atoms with Crippen LogP contribution in [0.25, 0.3) is 0 Å². The Morgan fingerprint density at radius 2 is 1.42 bits per heavy atom. The van der Waals surface area contributed by atoms with Gasteiger partial charge in [0.25, 0.3) is 5.91 Å². The van der Waals surface area contributed by atoms with E-state index in [4.69, 9.17) is 16.3 Å². The molecule has 1 fully saturated rings. The zero-order valence-electron chi connectivity index (χ0n) is 20.2. The molecule has 4 aliphatic rings. The molecule has 9 heteroatoms. The summed E-state index contributed by atoms with van der Waals surface area (Å²) in [6.45, 7) is 0.877. The lowest BCUT2D eigenvalue weighted by atomic mass is 9.55. The maximum absolute atomic E-state index is 13.7. The molecule has 2 bridgehead atoms. The van der Waals surface area contributed by atoms with Crippen molar-refractivity contribution in [3.63, 3.8) is 0 Å². The highest BCUT2D eigenvalue weighted by atomic mass is 79.9. The number of carbonyl (C=O) groups is 4. The number of nitrogens with one attached hydrogen (secondary N) is 1. The van der Waals surface area contributed by atoms with Gasteiger partial charge in [0, 0.05) is 16.3 Å². The zero-order valence-corrected chi connectivity index (χ0v) is 22.5. The first kappa shape index (κ1) is 24.8. The fraction of sp³-hybridized carbons (Fsp3) is 0.241. The Kier molecular flexibility index (Phi) is 6.12. The van der Waals surface area contributed by atoms with Gasteiger partial charge in [-0.25, -0.2) is 4.79 Å². The van der Waals surface area contributed by atoms with Crippen molar-refractivity contribution in [2.75, 3.05) is 11.9 Å². The molecular weight excluding hydrogens is 572 g/mol. The second-order valence-corrected chi connectivity index (χ2v) is 11.1. The van der Waals surface area contributed by atoms with Gasteiger partial charge in [0.05, 0.1) is 22.5 Å². The first-order valence-electron chi connectivity index (χ1n) is 12.2. The number of benzene rings is 3. The topological polar surface area (TPSA) is 92.8 Å². The van der Waals surface area contributed by atoms with Crippen molar-refractivity contribution in [2.24, 2.45) is 11.8 Å². The molecule has 0 radical (unpaired) electrons. The lowest BCUT2D eigenvalue weighted by molar-refractivity contribution is -0.159. The van der Waals surface area contributed by atoms with E-state index in [0.717, 1.165) is 31.6 Å². The lowest BCUT2D eigenvalue weighted by Gasteiger charge is -2.45. The van der Waals surface area contributed by atoms with Crippen molar-refractivity contribution in [1.82, 2.24) is 4.90 Å². The predicted octanol–water partition coefficient (Wildman–Crippen LogP) is 4.86. The van der Waals surface area contributed by atoms with Gasteiger partial charge >= 0.3 is 5.97 Å². The van der Waals surface area contributed by atoms with E-state index in [1.807, 2.05) is 48.5 Å². The molecule has 0 aromatic heterocycles. The molecule has 7 nitrogen and oxygen atoms in total. The number of imide groups is 1. The molecule has 3 aliphatic carbocycles. The largest absolute Gasteiger partial charge is 0.454 e. The summed E-state index contributed by atoms with van der Waals surface area (Å²) in [5, 5.41) is 2.90. The second kappa shape index (κ2) is 9.36. The number of nitrogens with zero attached hydrogens (tertiary/aromatic N) is 1. The van der Waals surface area contributed by atoms with E-state index in [-0.39, 0.29) is 23.7 Å². The highest BCUT2D eigenvalue weighted by molar-refractivity contribution is 9.10. The smallest absolute Gasteiger partial charge is 0.329 e. The van der Waals surface area contributed by atoms with Crippen molar-refractivity contribution >= 4 is 56.9 Å². The number of likely N-dealkylation sites (tertiary alicyclic amines) is 1. The first-order valence-corrected chi connectivity index (χ1v) is 13.4. The number of halogens is 2. The molecule has 1 heterocycles. The molecule has 1 saturated heterocycles. The third-order valence-corrected chi connectivity index (χ3v) is 8.57. The minimum Gasteiger partial charge on any atom is -0.454 e. The lowest BCUT2D eigenvalue weighted by Crippen LogP contribution is -2.45. The molecule has 3 amide bonds. The number of ether oxygens (including phenoxy) is 1. The Morgan fingerprint density at radius 3 is 1.89 bits per heavy atom. The predicted molar refractivity (Wildman–Crippen MR) is 144 cm³/mol. The quantitative estimate of drug-likeness (QED) is 0.337. The normalized spacial score (nSPS) is 23.4. The maximum atomic E-state index is 13.7. The van der Waals surface area contributed by atoms with Gasteiger partial charge in [-0.05, 0) is 47.4 Å². The van der Waals surface area contributed by atoms with Gasteiger partial charge in [-0.15, -0.1) is 0 Å². The summed E-state index contributed by atoms with van der Waals surface area (Å²) in [5.74, 6) is -3.88. The van der Waals surface area contributed by atoms with Crippen LogP contribution in [0, 0.1) is 11.8 Å². The summed E-state index contributed by atoms with van der Waals surface area (Å²) in [6, 6.07) is 19.7. The van der Waals surface area contributed by atoms with E-state index in [1.165, 1.54) is 6.92 Å². The van der Waals surface area contributed by atoms with Gasteiger partial charge in [0.2, 0.25) is 11.8 Å². The van der Waals surface area contributed by atoms with Crippen molar-refractivity contribution in [3.05, 3.63) is 98.5 Å². The average Bonchev–Trinajstić information content (AvgIpc) is 3.18. The van der Waals surface area contributed by atoms with E-state index in [0.29, 0.717) is 10.7 Å². The summed E-state index contributed by atoms with van der Waals surface area (Å²) in [7, 11) is 0. The van der Waals surface area contributed by atoms with Crippen molar-refractivity contribution < 1.29 is 23.9 Å². The zero-order chi connectivity index (χ0) is 26.7. The highest BCUT2D eigenvalue weighted by Gasteiger charge is 2.62. The van der Waals surface area contributed by atoms with Crippen LogP contribution in [0.4, 0.5) is 5.69 Å². The van der Waals surface area contributed by atoms with E-state index < -0.39 is 36.4 Å². The fourth-order valence-electron chi connectivity index (χ4n) is 6.22. The second-order valence-electron chi connectivity index (χ2n) is 9.77. The van der Waals surface area contributed by atoms with Crippen LogP contribution in [0.1, 0.15) is 41.0 Å². The number of hydrogen-bond donors (Lipinski definition) is 1. The van der Waals surface area contributed by atoms with Crippen LogP contribution in [0.3, 0.4) is 0 Å². The van der Waals surface area contributed by atoms with Crippen LogP contribution in [0.2, 0.25) is 5.02 Å². The monoisotopic (exact) mass is 592 g/mol. The number of anilines is 1. The van der Waals surface area contributed by atoms with Gasteiger partial charge in [-0.2, -0.15) is 0 Å². The van der Waals surface area contributed by atoms with Gasteiger partial charge in [0.15, 0.2) is 6.61 Å². The molecule has 3 atom stereocenters. The van der Waals surface area contributed by atoms with Crippen molar-refractivity contribution in [1.29, 1.82) is 0 Å². The van der Waals surface area contributed by atoms with E-state index in [2.05, 4.69) is 21.2 Å². The molecule has 3 aromatic rings. The highest BCUT2D eigenvalue weighted by Crippen LogP contribution is 2.61. The minimum atomic E-state index is -1.17. The van der Waals surface area contributed by atoms with Gasteiger partial charge in [-0.3, -0.25) is 19.3 Å². The number of carbonyl (C=O) groups excluding carboxylic acids is 4. The number of hydrogen-bond acceptors (Lipinski definition) is 5. The molecular formula is C29H22BrClN2O5. The van der Waals surface area contributed by atoms with Crippen molar-refractivity contribution in [3.8, 4) is 0 Å². The number of amides is 3. The standard InChI is InChI=1S/C29H22BrClN2O5/c1-14(29(37)38-13-22(34)32-21-11-10-15(30)12-20(21)31)33-27(35)25-23-16-6-2-3-7-17(16)24(26(25)28(33)36)19-9-5-4-8-18(19)23/h2-12,14,23-26H,13H2,1H3,(H,32,34)/t14-,23?,24?,25+,26+/m1/s1. The summed E-state index contributed by atoms with van der Waals surface area (Å²) in [5.41, 5.74) is 4.59. The Hall–Kier alpha value is -3.49. The van der Waals surface area contributed by atoms with E-state index in [9.17, 15) is 19.2 Å². The summed E-state index contributed by atoms with van der Waals surface area (Å²) in [4.78, 5) is 53.8. The molecule has 0 unspecified atom stereocenters. The third kappa shape index (κ3) is 3.77. The number of esters is 1. The Bertz CT molecular complexity index is 1410. The molecule has 1 aliphatic heterocycles. The SMILES string of the molecule is C[C@H](C(=O)OCC(=O)Nc1ccc(Br)cc1Cl)N1C(=O)[C@H]2C3c4ccccc4C(c4ccccc43)[C@@H]2C1=O. The van der Waals surface area contributed by atoms with Crippen LogP contribution in [-0.2, 0) is 23.9 Å². The van der Waals surface area contributed by atoms with Crippen LogP contribution < -0.4 is 5.32 Å². The van der Waals surface area contributed by atoms with Gasteiger partial charge < -0.3 is 10.1 Å². The molecule has 7 rings (SSSR count). The average molecular weight is 594 g/mol. The van der Waals surface area contributed by atoms with E-state index >= 15 is 0 Å². The maximum Gasteiger partial charge on any atom is 0.329 e. The Labute approximate surface area is 232 Å². The fourth-order valence-corrected chi connectivity index (χ4v) is 6.94. The molecule has 1 N–H and O–H groups in total. The van der Waals surface area contributed by atoms with Crippen LogP contribution >= 0.6 is 27.5 Å². The summed E-state index contributed by atoms with van der Waals surface area (Å²) in [6.07, 6.45) is 0. The minimum absolute atomic E-state index is 0.261. The summed E-state index contributed by atoms with van der Waals surface area (Å²) < 4.78 is 5.96. The van der Waals surface area contributed by atoms with Crippen molar-refractivity contribution in [2.45, 2.75) is 24.8 Å². The number of rotatable bonds is 5. The van der Waals surface area contributed by atoms with Gasteiger partial charge in [-0.1, -0.05) is 76.1 Å². The summed E-state index contributed by atoms with van der Waals surface area (Å²) >= 11 is 9.42. The first-order chi connectivity index (χ1) is 18.3. The van der Waals surface area contributed by atoms with E-state index in [1.54, 1.807) is 18.2 Å². The molecule has 3 aromatic carbocycles. The Morgan fingerprint density at radius 1 is 0.921 bits per heavy atom. The molecule has 0 spiro atoms. The van der Waals surface area contributed by atoms with Gasteiger partial charge in [0.1, 0.15) is 6.04 Å².